The number of piperazine rings is 1. The molecule has 0 saturated carbocycles. The molecule has 1 N–H and O–H groups in total. The van der Waals surface area contributed by atoms with Crippen LogP contribution >= 0.6 is 11.8 Å². The van der Waals surface area contributed by atoms with Crippen LogP contribution in [0.1, 0.15) is 18.1 Å². The molecule has 4 nitrogen and oxygen atoms in total. The number of halogens is 3. The van der Waals surface area contributed by atoms with Gasteiger partial charge in [0.15, 0.2) is 0 Å². The number of nitrogens with zero attached hydrogens (tertiary/aromatic N) is 2. The Morgan fingerprint density at radius 3 is 2.32 bits per heavy atom. The van der Waals surface area contributed by atoms with Crippen molar-refractivity contribution in [3.05, 3.63) is 35.4 Å². The number of hydrogen-bond acceptors (Lipinski definition) is 4. The Hall–Kier alpha value is -1.25. The van der Waals surface area contributed by atoms with Crippen molar-refractivity contribution in [2.24, 2.45) is 0 Å². The fraction of sp³-hybridized carbons (Fsp3) is 0.588. The number of amides is 1. The third kappa shape index (κ3) is 7.25. The second-order valence-corrected chi connectivity index (χ2v) is 7.03. The van der Waals surface area contributed by atoms with E-state index in [2.05, 4.69) is 22.0 Å². The lowest BCUT2D eigenvalue weighted by Crippen LogP contribution is -2.45. The summed E-state index contributed by atoms with van der Waals surface area (Å²) in [4.78, 5) is 16.4. The number of hydrogen-bond donors (Lipinski definition) is 1. The normalized spacial score (nSPS) is 16.8. The van der Waals surface area contributed by atoms with Gasteiger partial charge in [0, 0.05) is 39.3 Å². The molecule has 25 heavy (non-hydrogen) atoms. The predicted molar refractivity (Wildman–Crippen MR) is 94.2 cm³/mol. The standard InChI is InChI=1S/C17H24F3N3OS/c1-2-22-7-9-23(10-8-22)12-15-6-4-3-5-14(15)11-21-16(24)13-25-17(18,19)20/h3-6H,2,7-13H2,1H3,(H,21,24). The molecule has 8 heteroatoms. The van der Waals surface area contributed by atoms with Crippen LogP contribution in [0, 0.1) is 0 Å². The molecule has 1 fully saturated rings. The summed E-state index contributed by atoms with van der Waals surface area (Å²) in [6, 6.07) is 7.75. The predicted octanol–water partition coefficient (Wildman–Crippen LogP) is 2.69. The van der Waals surface area contributed by atoms with Gasteiger partial charge in [-0.05, 0) is 29.4 Å². The van der Waals surface area contributed by atoms with Crippen LogP contribution in [0.3, 0.4) is 0 Å². The van der Waals surface area contributed by atoms with E-state index in [0.717, 1.165) is 50.4 Å². The van der Waals surface area contributed by atoms with Crippen LogP contribution in [-0.2, 0) is 17.9 Å². The molecule has 0 aliphatic carbocycles. The minimum absolute atomic E-state index is 0.252. The van der Waals surface area contributed by atoms with Crippen molar-refractivity contribution >= 4 is 17.7 Å². The van der Waals surface area contributed by atoms with Gasteiger partial charge in [0.1, 0.15) is 0 Å². The summed E-state index contributed by atoms with van der Waals surface area (Å²) < 4.78 is 36.4. The van der Waals surface area contributed by atoms with Crippen molar-refractivity contribution in [2.45, 2.75) is 25.5 Å². The van der Waals surface area contributed by atoms with Crippen molar-refractivity contribution in [1.82, 2.24) is 15.1 Å². The molecule has 2 rings (SSSR count). The summed E-state index contributed by atoms with van der Waals surface area (Å²) in [5.74, 6) is -1.21. The maximum absolute atomic E-state index is 12.1. The highest BCUT2D eigenvalue weighted by atomic mass is 32.2. The van der Waals surface area contributed by atoms with E-state index in [0.29, 0.717) is 0 Å². The number of carbonyl (C=O) groups excluding carboxylic acids is 1. The first-order valence-corrected chi connectivity index (χ1v) is 9.35. The fourth-order valence-electron chi connectivity index (χ4n) is 2.78. The molecule has 1 saturated heterocycles. The van der Waals surface area contributed by atoms with E-state index in [1.54, 1.807) is 0 Å². The highest BCUT2D eigenvalue weighted by Gasteiger charge is 2.29. The van der Waals surface area contributed by atoms with E-state index >= 15 is 0 Å². The summed E-state index contributed by atoms with van der Waals surface area (Å²) in [7, 11) is 0. The molecule has 1 aromatic rings. The average molecular weight is 375 g/mol. The number of rotatable bonds is 7. The number of likely N-dealkylation sites (N-methyl/N-ethyl adjacent to an activating group) is 1. The second kappa shape index (κ2) is 9.45. The van der Waals surface area contributed by atoms with Gasteiger partial charge in [0.2, 0.25) is 5.91 Å². The van der Waals surface area contributed by atoms with Crippen molar-refractivity contribution in [3.63, 3.8) is 0 Å². The quantitative estimate of drug-likeness (QED) is 0.795. The lowest BCUT2D eigenvalue weighted by Gasteiger charge is -2.34. The molecule has 0 radical (unpaired) electrons. The highest BCUT2D eigenvalue weighted by Crippen LogP contribution is 2.29. The average Bonchev–Trinajstić information content (AvgIpc) is 2.59. The number of carbonyl (C=O) groups is 1. The molecular weight excluding hydrogens is 351 g/mol. The van der Waals surface area contributed by atoms with Gasteiger partial charge in [-0.15, -0.1) is 0 Å². The van der Waals surface area contributed by atoms with Gasteiger partial charge in [-0.3, -0.25) is 9.69 Å². The van der Waals surface area contributed by atoms with Gasteiger partial charge < -0.3 is 10.2 Å². The smallest absolute Gasteiger partial charge is 0.351 e. The molecule has 0 bridgehead atoms. The Bertz CT molecular complexity index is 560. The summed E-state index contributed by atoms with van der Waals surface area (Å²) in [5.41, 5.74) is -2.32. The van der Waals surface area contributed by atoms with Crippen LogP contribution < -0.4 is 5.32 Å². The minimum atomic E-state index is -4.38. The molecule has 140 valence electrons. The first-order chi connectivity index (χ1) is 11.9. The number of thioether (sulfide) groups is 1. The third-order valence-corrected chi connectivity index (χ3v) is 5.00. The third-order valence-electron chi connectivity index (χ3n) is 4.27. The van der Waals surface area contributed by atoms with E-state index < -0.39 is 17.2 Å². The summed E-state index contributed by atoms with van der Waals surface area (Å²) in [6.45, 7) is 8.35. The molecule has 1 amide bonds. The maximum Gasteiger partial charge on any atom is 0.442 e. The van der Waals surface area contributed by atoms with Crippen LogP contribution in [0.25, 0.3) is 0 Å². The first kappa shape index (κ1) is 20.1. The zero-order chi connectivity index (χ0) is 18.3. The van der Waals surface area contributed by atoms with Crippen LogP contribution in [-0.4, -0.2) is 59.7 Å². The Morgan fingerprint density at radius 1 is 1.12 bits per heavy atom. The lowest BCUT2D eigenvalue weighted by atomic mass is 10.1. The molecule has 1 aromatic carbocycles. The second-order valence-electron chi connectivity index (χ2n) is 5.99. The molecular formula is C17H24F3N3OS. The SMILES string of the molecule is CCN1CCN(Cc2ccccc2CNC(=O)CSC(F)(F)F)CC1. The molecule has 1 aliphatic rings. The molecule has 0 spiro atoms. The van der Waals surface area contributed by atoms with Crippen molar-refractivity contribution in [1.29, 1.82) is 0 Å². The Morgan fingerprint density at radius 2 is 1.72 bits per heavy atom. The van der Waals surface area contributed by atoms with E-state index in [1.165, 1.54) is 0 Å². The first-order valence-electron chi connectivity index (χ1n) is 8.36. The van der Waals surface area contributed by atoms with Crippen LogP contribution in [0.4, 0.5) is 13.2 Å². The Balaban J connectivity index is 1.85. The zero-order valence-corrected chi connectivity index (χ0v) is 15.1. The molecule has 1 aliphatic heterocycles. The minimum Gasteiger partial charge on any atom is -0.351 e. The lowest BCUT2D eigenvalue weighted by molar-refractivity contribution is -0.119. The van der Waals surface area contributed by atoms with Gasteiger partial charge in [-0.25, -0.2) is 0 Å². The summed E-state index contributed by atoms with van der Waals surface area (Å²) in [5, 5.41) is 2.58. The molecule has 0 aromatic heterocycles. The molecule has 1 heterocycles. The van der Waals surface area contributed by atoms with Crippen molar-refractivity contribution in [2.75, 3.05) is 38.5 Å². The van der Waals surface area contributed by atoms with E-state index in [9.17, 15) is 18.0 Å². The van der Waals surface area contributed by atoms with Crippen LogP contribution in [0.2, 0.25) is 0 Å². The zero-order valence-electron chi connectivity index (χ0n) is 14.3. The summed E-state index contributed by atoms with van der Waals surface area (Å²) in [6.07, 6.45) is 0. The van der Waals surface area contributed by atoms with Gasteiger partial charge in [-0.2, -0.15) is 13.2 Å². The Labute approximate surface area is 150 Å². The van der Waals surface area contributed by atoms with E-state index in [1.807, 2.05) is 24.3 Å². The maximum atomic E-state index is 12.1. The van der Waals surface area contributed by atoms with Gasteiger partial charge >= 0.3 is 5.51 Å². The number of benzene rings is 1. The number of nitrogens with one attached hydrogen (secondary N) is 1. The van der Waals surface area contributed by atoms with E-state index in [4.69, 9.17) is 0 Å². The van der Waals surface area contributed by atoms with Gasteiger partial charge in [-0.1, -0.05) is 31.2 Å². The number of alkyl halides is 3. The van der Waals surface area contributed by atoms with E-state index in [-0.39, 0.29) is 18.3 Å². The largest absolute Gasteiger partial charge is 0.442 e. The van der Waals surface area contributed by atoms with Gasteiger partial charge in [0.05, 0.1) is 5.75 Å². The van der Waals surface area contributed by atoms with Crippen molar-refractivity contribution in [3.8, 4) is 0 Å². The topological polar surface area (TPSA) is 35.6 Å². The monoisotopic (exact) mass is 375 g/mol. The van der Waals surface area contributed by atoms with Crippen LogP contribution in [0.5, 0.6) is 0 Å². The molecule has 0 unspecified atom stereocenters. The Kier molecular flexibility index (Phi) is 7.58. The van der Waals surface area contributed by atoms with Crippen LogP contribution in [0.15, 0.2) is 24.3 Å². The fourth-order valence-corrected chi connectivity index (χ4v) is 3.18. The highest BCUT2D eigenvalue weighted by molar-refractivity contribution is 8.00. The van der Waals surface area contributed by atoms with Gasteiger partial charge in [0.25, 0.3) is 0 Å². The molecule has 0 atom stereocenters. The summed E-state index contributed by atoms with van der Waals surface area (Å²) >= 11 is -0.313. The van der Waals surface area contributed by atoms with Crippen molar-refractivity contribution < 1.29 is 18.0 Å².